The van der Waals surface area contributed by atoms with Crippen molar-refractivity contribution in [3.05, 3.63) is 102 Å². The number of imide groups is 1. The second-order valence-electron chi connectivity index (χ2n) is 6.29. The van der Waals surface area contributed by atoms with Crippen molar-refractivity contribution in [3.63, 3.8) is 0 Å². The number of nitrogens with zero attached hydrogens (tertiary/aromatic N) is 1. The Morgan fingerprint density at radius 2 is 1.38 bits per heavy atom. The van der Waals surface area contributed by atoms with Gasteiger partial charge in [0.2, 0.25) is 0 Å². The summed E-state index contributed by atoms with van der Waals surface area (Å²) in [6.07, 6.45) is 0. The van der Waals surface area contributed by atoms with Gasteiger partial charge < -0.3 is 5.32 Å². The highest BCUT2D eigenvalue weighted by Gasteiger charge is 2.41. The highest BCUT2D eigenvalue weighted by molar-refractivity contribution is 6.46. The Balaban J connectivity index is 1.82. The minimum atomic E-state index is -1.04. The number of carbonyl (C=O) groups excluding carboxylic acids is 2. The lowest BCUT2D eigenvalue weighted by atomic mass is 10.0. The van der Waals surface area contributed by atoms with Crippen LogP contribution >= 0.6 is 0 Å². The van der Waals surface area contributed by atoms with Crippen LogP contribution in [0.25, 0.3) is 5.57 Å². The zero-order chi connectivity index (χ0) is 20.5. The van der Waals surface area contributed by atoms with Crippen molar-refractivity contribution in [2.75, 3.05) is 10.2 Å². The van der Waals surface area contributed by atoms with Crippen LogP contribution in [0.4, 0.5) is 24.5 Å². The molecule has 144 valence electrons. The van der Waals surface area contributed by atoms with Crippen molar-refractivity contribution in [2.45, 2.75) is 0 Å². The molecule has 0 unspecified atom stereocenters. The second-order valence-corrected chi connectivity index (χ2v) is 6.29. The molecule has 0 radical (unpaired) electrons. The second kappa shape index (κ2) is 7.27. The molecule has 1 heterocycles. The number of benzene rings is 3. The van der Waals surface area contributed by atoms with Crippen LogP contribution in [0.15, 0.2) is 78.5 Å². The number of carbonyl (C=O) groups is 2. The number of rotatable bonds is 4. The predicted octanol–water partition coefficient (Wildman–Crippen LogP) is 4.50. The largest absolute Gasteiger partial charge is 0.350 e. The van der Waals surface area contributed by atoms with Gasteiger partial charge in [-0.25, -0.2) is 18.1 Å². The first-order valence-electron chi connectivity index (χ1n) is 8.62. The number of halogens is 3. The van der Waals surface area contributed by atoms with Gasteiger partial charge >= 0.3 is 0 Å². The molecule has 0 bridgehead atoms. The van der Waals surface area contributed by atoms with Gasteiger partial charge in [-0.3, -0.25) is 9.59 Å². The van der Waals surface area contributed by atoms with E-state index >= 15 is 0 Å². The average Bonchev–Trinajstić information content (AvgIpc) is 2.94. The van der Waals surface area contributed by atoms with Gasteiger partial charge in [0.05, 0.1) is 11.3 Å². The molecule has 0 aliphatic carbocycles. The molecule has 0 aromatic heterocycles. The van der Waals surface area contributed by atoms with E-state index in [9.17, 15) is 22.8 Å². The number of anilines is 2. The van der Waals surface area contributed by atoms with Crippen LogP contribution in [0, 0.1) is 17.5 Å². The van der Waals surface area contributed by atoms with Crippen molar-refractivity contribution in [1.29, 1.82) is 0 Å². The molecule has 0 atom stereocenters. The summed E-state index contributed by atoms with van der Waals surface area (Å²) in [4.78, 5) is 26.8. The van der Waals surface area contributed by atoms with Crippen LogP contribution in [0.3, 0.4) is 0 Å². The van der Waals surface area contributed by atoms with Gasteiger partial charge in [0, 0.05) is 11.8 Å². The van der Waals surface area contributed by atoms with Crippen molar-refractivity contribution in [1.82, 2.24) is 0 Å². The third-order valence-corrected chi connectivity index (χ3v) is 4.41. The van der Waals surface area contributed by atoms with E-state index < -0.39 is 29.3 Å². The maximum absolute atomic E-state index is 14.3. The zero-order valence-corrected chi connectivity index (χ0v) is 14.8. The lowest BCUT2D eigenvalue weighted by Gasteiger charge is -2.16. The van der Waals surface area contributed by atoms with E-state index in [1.807, 2.05) is 0 Å². The molecule has 0 fully saturated rings. The lowest BCUT2D eigenvalue weighted by Crippen LogP contribution is -2.33. The van der Waals surface area contributed by atoms with E-state index in [-0.39, 0.29) is 17.0 Å². The van der Waals surface area contributed by atoms with E-state index in [4.69, 9.17) is 0 Å². The summed E-state index contributed by atoms with van der Waals surface area (Å²) < 4.78 is 40.8. The van der Waals surface area contributed by atoms with E-state index in [1.165, 1.54) is 24.3 Å². The molecule has 2 amide bonds. The fraction of sp³-hybridized carbons (Fsp3) is 0. The fourth-order valence-electron chi connectivity index (χ4n) is 3.08. The summed E-state index contributed by atoms with van der Waals surface area (Å²) in [5, 5.41) is 2.83. The number of hydrogen-bond donors (Lipinski definition) is 1. The first kappa shape index (κ1) is 18.5. The Bertz CT molecular complexity index is 1140. The van der Waals surface area contributed by atoms with Crippen LogP contribution < -0.4 is 10.2 Å². The third kappa shape index (κ3) is 3.38. The van der Waals surface area contributed by atoms with Crippen molar-refractivity contribution in [2.24, 2.45) is 0 Å². The van der Waals surface area contributed by atoms with Gasteiger partial charge in [-0.05, 0) is 42.0 Å². The molecule has 1 aliphatic rings. The van der Waals surface area contributed by atoms with E-state index in [0.717, 1.165) is 12.1 Å². The Morgan fingerprint density at radius 1 is 0.724 bits per heavy atom. The van der Waals surface area contributed by atoms with Gasteiger partial charge in [-0.15, -0.1) is 0 Å². The maximum atomic E-state index is 14.3. The molecule has 4 rings (SSSR count). The Labute approximate surface area is 163 Å². The van der Waals surface area contributed by atoms with Crippen LogP contribution in [-0.4, -0.2) is 11.8 Å². The van der Waals surface area contributed by atoms with Crippen LogP contribution in [0.1, 0.15) is 5.56 Å². The molecule has 0 spiro atoms. The summed E-state index contributed by atoms with van der Waals surface area (Å²) in [5.74, 6) is -3.88. The van der Waals surface area contributed by atoms with Crippen molar-refractivity contribution >= 4 is 28.8 Å². The third-order valence-electron chi connectivity index (χ3n) is 4.41. The molecule has 0 saturated heterocycles. The summed E-state index contributed by atoms with van der Waals surface area (Å²) in [5.41, 5.74) is 0.406. The molecular weight excluding hydrogens is 381 g/mol. The highest BCUT2D eigenvalue weighted by atomic mass is 19.1. The zero-order valence-electron chi connectivity index (χ0n) is 14.8. The normalized spacial score (nSPS) is 14.0. The summed E-state index contributed by atoms with van der Waals surface area (Å²) in [6.45, 7) is 0. The maximum Gasteiger partial charge on any atom is 0.282 e. The molecule has 1 N–H and O–H groups in total. The van der Waals surface area contributed by atoms with Crippen LogP contribution in [0.5, 0.6) is 0 Å². The predicted molar refractivity (Wildman–Crippen MR) is 102 cm³/mol. The van der Waals surface area contributed by atoms with Gasteiger partial charge in [0.1, 0.15) is 23.1 Å². The van der Waals surface area contributed by atoms with Crippen LogP contribution in [0.2, 0.25) is 0 Å². The Hall–Kier alpha value is -3.87. The van der Waals surface area contributed by atoms with E-state index in [0.29, 0.717) is 22.2 Å². The molecule has 29 heavy (non-hydrogen) atoms. The molecule has 7 heteroatoms. The summed E-state index contributed by atoms with van der Waals surface area (Å²) in [6, 6.07) is 16.2. The van der Waals surface area contributed by atoms with Crippen LogP contribution in [-0.2, 0) is 9.59 Å². The van der Waals surface area contributed by atoms with E-state index in [1.54, 1.807) is 30.3 Å². The molecule has 1 aliphatic heterocycles. The average molecular weight is 394 g/mol. The smallest absolute Gasteiger partial charge is 0.282 e. The molecule has 4 nitrogen and oxygen atoms in total. The van der Waals surface area contributed by atoms with Gasteiger partial charge in [0.25, 0.3) is 11.8 Å². The highest BCUT2D eigenvalue weighted by Crippen LogP contribution is 2.34. The van der Waals surface area contributed by atoms with E-state index in [2.05, 4.69) is 5.32 Å². The number of amides is 2. The summed E-state index contributed by atoms with van der Waals surface area (Å²) in [7, 11) is 0. The van der Waals surface area contributed by atoms with Crippen molar-refractivity contribution < 1.29 is 22.8 Å². The standard InChI is InChI=1S/C22H13F3N2O2/c23-14-6-9-16(10-7-14)26-20-19(13-4-2-1-3-5-13)21(28)27(22(20)29)18-11-8-15(24)12-17(18)25/h1-12,26H. The van der Waals surface area contributed by atoms with Crippen molar-refractivity contribution in [3.8, 4) is 0 Å². The topological polar surface area (TPSA) is 49.4 Å². The molecule has 3 aromatic carbocycles. The van der Waals surface area contributed by atoms with Gasteiger partial charge in [0.15, 0.2) is 0 Å². The molecular formula is C22H13F3N2O2. The number of hydrogen-bond acceptors (Lipinski definition) is 3. The minimum Gasteiger partial charge on any atom is -0.350 e. The lowest BCUT2D eigenvalue weighted by molar-refractivity contribution is -0.120. The Morgan fingerprint density at radius 3 is 2.03 bits per heavy atom. The van der Waals surface area contributed by atoms with Gasteiger partial charge in [-0.1, -0.05) is 30.3 Å². The number of nitrogens with one attached hydrogen (secondary N) is 1. The first-order chi connectivity index (χ1) is 14.0. The quantitative estimate of drug-likeness (QED) is 0.663. The van der Waals surface area contributed by atoms with Gasteiger partial charge in [-0.2, -0.15) is 0 Å². The molecule has 3 aromatic rings. The molecule has 0 saturated carbocycles. The minimum absolute atomic E-state index is 0.0312. The summed E-state index contributed by atoms with van der Waals surface area (Å²) >= 11 is 0. The SMILES string of the molecule is O=C1C(Nc2ccc(F)cc2)=C(c2ccccc2)C(=O)N1c1ccc(F)cc1F. The first-order valence-corrected chi connectivity index (χ1v) is 8.62. The fourth-order valence-corrected chi connectivity index (χ4v) is 3.08. The Kier molecular flexibility index (Phi) is 4.64. The monoisotopic (exact) mass is 394 g/mol.